The first-order valence-electron chi connectivity index (χ1n) is 34.3. The van der Waals surface area contributed by atoms with E-state index >= 15 is 0 Å². The second-order valence-corrected chi connectivity index (χ2v) is 23.1. The number of esters is 3. The smallest absolute Gasteiger partial charge is 0.306 e. The molecule has 0 aromatic heterocycles. The maximum Gasteiger partial charge on any atom is 0.306 e. The van der Waals surface area contributed by atoms with E-state index in [4.69, 9.17) is 14.2 Å². The summed E-state index contributed by atoms with van der Waals surface area (Å²) >= 11 is 0. The molecular formula is C72H130O6. The Balaban J connectivity index is 4.23. The molecule has 0 aromatic carbocycles. The molecule has 0 rings (SSSR count). The fraction of sp³-hybridized carbons (Fsp3) is 0.819. The zero-order chi connectivity index (χ0) is 56.4. The first-order chi connectivity index (χ1) is 38.5. The van der Waals surface area contributed by atoms with E-state index in [-0.39, 0.29) is 31.1 Å². The van der Waals surface area contributed by atoms with Crippen molar-refractivity contribution in [1.82, 2.24) is 0 Å². The van der Waals surface area contributed by atoms with Gasteiger partial charge in [0, 0.05) is 19.3 Å². The van der Waals surface area contributed by atoms with Crippen molar-refractivity contribution < 1.29 is 28.6 Å². The normalized spacial score (nSPS) is 12.4. The van der Waals surface area contributed by atoms with Gasteiger partial charge < -0.3 is 14.2 Å². The molecule has 0 aliphatic carbocycles. The van der Waals surface area contributed by atoms with Gasteiger partial charge in [-0.3, -0.25) is 14.4 Å². The van der Waals surface area contributed by atoms with Gasteiger partial charge in [-0.05, 0) is 109 Å². The Morgan fingerprint density at radius 2 is 0.462 bits per heavy atom. The summed E-state index contributed by atoms with van der Waals surface area (Å²) in [5, 5.41) is 0. The predicted molar refractivity (Wildman–Crippen MR) is 339 cm³/mol. The Kier molecular flexibility index (Phi) is 64.2. The molecule has 454 valence electrons. The lowest BCUT2D eigenvalue weighted by molar-refractivity contribution is -0.167. The van der Waals surface area contributed by atoms with Gasteiger partial charge in [-0.15, -0.1) is 0 Å². The summed E-state index contributed by atoms with van der Waals surface area (Å²) in [7, 11) is 0. The van der Waals surface area contributed by atoms with E-state index in [1.54, 1.807) is 0 Å². The van der Waals surface area contributed by atoms with E-state index in [9.17, 15) is 14.4 Å². The lowest BCUT2D eigenvalue weighted by Crippen LogP contribution is -2.30. The molecule has 0 saturated heterocycles. The van der Waals surface area contributed by atoms with E-state index in [0.717, 1.165) is 96.3 Å². The van der Waals surface area contributed by atoms with Gasteiger partial charge in [0.15, 0.2) is 6.10 Å². The third-order valence-corrected chi connectivity index (χ3v) is 15.2. The Morgan fingerprint density at radius 1 is 0.256 bits per heavy atom. The number of hydrogen-bond donors (Lipinski definition) is 0. The summed E-state index contributed by atoms with van der Waals surface area (Å²) < 4.78 is 16.9. The molecule has 6 nitrogen and oxygen atoms in total. The molecule has 0 saturated carbocycles. The van der Waals surface area contributed by atoms with Crippen molar-refractivity contribution in [3.8, 4) is 0 Å². The van der Waals surface area contributed by atoms with Crippen LogP contribution in [0.4, 0.5) is 0 Å². The minimum absolute atomic E-state index is 0.0795. The second-order valence-electron chi connectivity index (χ2n) is 23.1. The fourth-order valence-corrected chi connectivity index (χ4v) is 10.0. The predicted octanol–water partition coefficient (Wildman–Crippen LogP) is 23.5. The van der Waals surface area contributed by atoms with Crippen molar-refractivity contribution in [2.24, 2.45) is 0 Å². The summed E-state index contributed by atoms with van der Waals surface area (Å²) in [6.45, 7) is 6.64. The maximum atomic E-state index is 12.9. The van der Waals surface area contributed by atoms with Crippen LogP contribution in [0.3, 0.4) is 0 Å². The average molecular weight is 1090 g/mol. The molecule has 0 aromatic rings. The number of allylic oxidation sites excluding steroid dienone is 10. The van der Waals surface area contributed by atoms with Crippen LogP contribution in [-0.2, 0) is 28.6 Å². The SMILES string of the molecule is CCCCCC/C=C\C/C=C\CCCCCCCC(=O)OC(COC(=O)CCCCCCC/C=C\CCCCCCCC)COC(=O)CCCCCCCCCCCCCCCCCCC/C=C\C/C=C\CCCCCCC. The highest BCUT2D eigenvalue weighted by Crippen LogP contribution is 2.17. The van der Waals surface area contributed by atoms with Gasteiger partial charge in [-0.25, -0.2) is 0 Å². The van der Waals surface area contributed by atoms with E-state index in [1.807, 2.05) is 0 Å². The van der Waals surface area contributed by atoms with Gasteiger partial charge in [-0.2, -0.15) is 0 Å². The van der Waals surface area contributed by atoms with Crippen molar-refractivity contribution >= 4 is 17.9 Å². The van der Waals surface area contributed by atoms with E-state index in [1.165, 1.54) is 225 Å². The van der Waals surface area contributed by atoms with E-state index in [2.05, 4.69) is 81.5 Å². The Morgan fingerprint density at radius 3 is 0.731 bits per heavy atom. The van der Waals surface area contributed by atoms with Crippen LogP contribution in [0.1, 0.15) is 361 Å². The molecular weight excluding hydrogens is 961 g/mol. The van der Waals surface area contributed by atoms with Gasteiger partial charge in [0.2, 0.25) is 0 Å². The van der Waals surface area contributed by atoms with Gasteiger partial charge >= 0.3 is 17.9 Å². The molecule has 0 N–H and O–H groups in total. The number of hydrogen-bond acceptors (Lipinski definition) is 6. The summed E-state index contributed by atoms with van der Waals surface area (Å²) in [5.41, 5.74) is 0. The molecule has 1 atom stereocenters. The Hall–Kier alpha value is -2.89. The molecule has 0 amide bonds. The maximum absolute atomic E-state index is 12.9. The monoisotopic (exact) mass is 1090 g/mol. The molecule has 0 heterocycles. The average Bonchev–Trinajstić information content (AvgIpc) is 3.44. The molecule has 0 fully saturated rings. The van der Waals surface area contributed by atoms with Crippen LogP contribution < -0.4 is 0 Å². The quantitative estimate of drug-likeness (QED) is 0.0261. The van der Waals surface area contributed by atoms with E-state index < -0.39 is 6.10 Å². The van der Waals surface area contributed by atoms with Crippen LogP contribution in [0.25, 0.3) is 0 Å². The molecule has 0 aliphatic heterocycles. The van der Waals surface area contributed by atoms with Crippen LogP contribution >= 0.6 is 0 Å². The summed E-state index contributed by atoms with van der Waals surface area (Å²) in [4.78, 5) is 38.4. The standard InChI is InChI=1S/C72H130O6/c1-4-7-10-13-16-19-22-25-28-30-31-32-33-34-35-36-37-38-39-40-41-42-45-47-50-53-56-59-62-65-71(74)77-68-69(67-76-70(73)64-61-58-55-52-49-46-43-27-24-21-18-15-12-9-6-3)78-72(75)66-63-60-57-54-51-48-44-29-26-23-20-17-14-11-8-5-2/h20,22-23,25,27,29-31,43-44,69H,4-19,21,24,26,28,32-42,45-68H2,1-3H3/b23-20-,25-22-,31-30-,43-27-,44-29-. The first kappa shape index (κ1) is 75.1. The van der Waals surface area contributed by atoms with Crippen molar-refractivity contribution in [3.05, 3.63) is 60.8 Å². The van der Waals surface area contributed by atoms with Crippen molar-refractivity contribution in [3.63, 3.8) is 0 Å². The molecule has 78 heavy (non-hydrogen) atoms. The van der Waals surface area contributed by atoms with E-state index in [0.29, 0.717) is 19.3 Å². The van der Waals surface area contributed by atoms with Crippen molar-refractivity contribution in [2.45, 2.75) is 367 Å². The minimum atomic E-state index is -0.785. The molecule has 6 heteroatoms. The third-order valence-electron chi connectivity index (χ3n) is 15.2. The number of carbonyl (C=O) groups is 3. The number of carbonyl (C=O) groups excluding carboxylic acids is 3. The lowest BCUT2D eigenvalue weighted by Gasteiger charge is -2.18. The number of ether oxygens (including phenoxy) is 3. The molecule has 0 bridgehead atoms. The molecule has 0 radical (unpaired) electrons. The minimum Gasteiger partial charge on any atom is -0.462 e. The largest absolute Gasteiger partial charge is 0.462 e. The van der Waals surface area contributed by atoms with Crippen LogP contribution in [0.5, 0.6) is 0 Å². The van der Waals surface area contributed by atoms with Crippen molar-refractivity contribution in [2.75, 3.05) is 13.2 Å². The number of rotatable bonds is 63. The highest BCUT2D eigenvalue weighted by molar-refractivity contribution is 5.71. The zero-order valence-electron chi connectivity index (χ0n) is 52.2. The first-order valence-corrected chi connectivity index (χ1v) is 34.3. The van der Waals surface area contributed by atoms with Crippen LogP contribution in [-0.4, -0.2) is 37.2 Å². The Bertz CT molecular complexity index is 1390. The van der Waals surface area contributed by atoms with Crippen LogP contribution in [0.15, 0.2) is 60.8 Å². The second kappa shape index (κ2) is 66.6. The van der Waals surface area contributed by atoms with Gasteiger partial charge in [-0.1, -0.05) is 293 Å². The lowest BCUT2D eigenvalue weighted by atomic mass is 10.0. The fourth-order valence-electron chi connectivity index (χ4n) is 10.0. The summed E-state index contributed by atoms with van der Waals surface area (Å²) in [5.74, 6) is -0.882. The molecule has 0 spiro atoms. The van der Waals surface area contributed by atoms with Gasteiger partial charge in [0.05, 0.1) is 0 Å². The zero-order valence-corrected chi connectivity index (χ0v) is 52.2. The highest BCUT2D eigenvalue weighted by atomic mass is 16.6. The summed E-state index contributed by atoms with van der Waals surface area (Å²) in [6.07, 6.45) is 85.3. The summed E-state index contributed by atoms with van der Waals surface area (Å²) in [6, 6.07) is 0. The van der Waals surface area contributed by atoms with Gasteiger partial charge in [0.1, 0.15) is 13.2 Å². The Labute approximate surface area is 485 Å². The molecule has 0 aliphatic rings. The third kappa shape index (κ3) is 63.9. The highest BCUT2D eigenvalue weighted by Gasteiger charge is 2.19. The number of unbranched alkanes of at least 4 members (excludes halogenated alkanes) is 42. The molecule has 1 unspecified atom stereocenters. The van der Waals surface area contributed by atoms with Crippen LogP contribution in [0, 0.1) is 0 Å². The topological polar surface area (TPSA) is 78.9 Å². The van der Waals surface area contributed by atoms with Crippen LogP contribution in [0.2, 0.25) is 0 Å². The van der Waals surface area contributed by atoms with Crippen molar-refractivity contribution in [1.29, 1.82) is 0 Å². The van der Waals surface area contributed by atoms with Gasteiger partial charge in [0.25, 0.3) is 0 Å².